The number of para-hydroxylation sites is 2. The van der Waals surface area contributed by atoms with E-state index in [-0.39, 0.29) is 38.1 Å². The van der Waals surface area contributed by atoms with E-state index in [4.69, 9.17) is 26.0 Å². The van der Waals surface area contributed by atoms with E-state index in [2.05, 4.69) is 16.0 Å². The van der Waals surface area contributed by atoms with Crippen molar-refractivity contribution >= 4 is 52.3 Å². The SMILES string of the molecule is C.C.CC(=O)Nc1ccc(C(=O)O)cc1.CC(=O)Nc1ccc(C(N)=O)cc1.CC(=O)Nc1ccc(C)cc1.COCCOc1ccccc1N. The number of nitrogens with one attached hydrogen (secondary N) is 3. The topological polar surface area (TPSA) is 212 Å². The number of methoxy groups -OCH3 is 1. The van der Waals surface area contributed by atoms with Gasteiger partial charge in [0.25, 0.3) is 0 Å². The number of carboxylic acid groups (broad SMARTS) is 1. The van der Waals surface area contributed by atoms with Crippen molar-refractivity contribution in [2.75, 3.05) is 42.0 Å². The third kappa shape index (κ3) is 21.4. The molecule has 4 aromatic carbocycles. The maximum absolute atomic E-state index is 10.7. The Balaban J connectivity index is 0. The van der Waals surface area contributed by atoms with Crippen LogP contribution in [0.15, 0.2) is 97.1 Å². The van der Waals surface area contributed by atoms with Crippen LogP contribution in [0.5, 0.6) is 5.75 Å². The molecule has 4 amide bonds. The second-order valence-corrected chi connectivity index (χ2v) is 10.1. The molecule has 4 rings (SSSR count). The molecule has 0 aromatic heterocycles. The van der Waals surface area contributed by atoms with Crippen molar-refractivity contribution in [3.63, 3.8) is 0 Å². The first kappa shape index (κ1) is 46.9. The summed E-state index contributed by atoms with van der Waals surface area (Å²) in [5.74, 6) is -1.10. The van der Waals surface area contributed by atoms with E-state index in [1.54, 1.807) is 43.5 Å². The highest BCUT2D eigenvalue weighted by Gasteiger charge is 2.02. The van der Waals surface area contributed by atoms with E-state index in [9.17, 15) is 24.0 Å². The Bertz CT molecular complexity index is 1570. The number of rotatable bonds is 9. The average Bonchev–Trinajstić information content (AvgIpc) is 3.04. The number of carbonyl (C=O) groups excluding carboxylic acids is 4. The van der Waals surface area contributed by atoms with Gasteiger partial charge in [-0.05, 0) is 79.7 Å². The lowest BCUT2D eigenvalue weighted by molar-refractivity contribution is -0.115. The van der Waals surface area contributed by atoms with Crippen LogP contribution in [0.4, 0.5) is 22.7 Å². The number of primary amides is 1. The Morgan fingerprint density at radius 1 is 0.627 bits per heavy atom. The van der Waals surface area contributed by atoms with Gasteiger partial charge < -0.3 is 42.0 Å². The summed E-state index contributed by atoms with van der Waals surface area (Å²) >= 11 is 0. The standard InChI is InChI=1S/C9H10N2O2.C9H9NO3.C9H13NO2.C9H11NO.2CH4/c1-6(12)11-8-4-2-7(3-5-8)9(10)13;1-6(11)10-8-4-2-7(3-5-8)9(12)13;1-11-6-7-12-9-5-3-2-4-8(9)10;1-7-3-5-9(6-4-7)10-8(2)11;;/h2-5H,1H3,(H2,10,13)(H,11,12);2-5H,1H3,(H,10,11)(H,12,13);2-5H,6-7,10H2,1H3;3-6H,1-2H3,(H,10,11);2*1H4. The lowest BCUT2D eigenvalue weighted by atomic mass is 10.2. The van der Waals surface area contributed by atoms with Gasteiger partial charge in [-0.2, -0.15) is 0 Å². The van der Waals surface area contributed by atoms with Gasteiger partial charge in [-0.3, -0.25) is 19.2 Å². The van der Waals surface area contributed by atoms with E-state index in [1.165, 1.54) is 38.5 Å². The zero-order valence-corrected chi connectivity index (χ0v) is 28.1. The summed E-state index contributed by atoms with van der Waals surface area (Å²) in [7, 11) is 1.64. The molecule has 8 N–H and O–H groups in total. The molecular formula is C38H51N5O8. The largest absolute Gasteiger partial charge is 0.489 e. The van der Waals surface area contributed by atoms with Gasteiger partial charge in [0.15, 0.2) is 0 Å². The first-order chi connectivity index (χ1) is 23.2. The maximum atomic E-state index is 10.7. The van der Waals surface area contributed by atoms with Gasteiger partial charge in [-0.15, -0.1) is 0 Å². The molecule has 0 fully saturated rings. The second kappa shape index (κ2) is 25.8. The first-order valence-corrected chi connectivity index (χ1v) is 14.8. The lowest BCUT2D eigenvalue weighted by Crippen LogP contribution is -2.11. The number of aryl methyl sites for hydroxylation is 1. The Hall–Kier alpha value is -6.21. The van der Waals surface area contributed by atoms with E-state index >= 15 is 0 Å². The molecule has 0 radical (unpaired) electrons. The zero-order valence-electron chi connectivity index (χ0n) is 28.1. The van der Waals surface area contributed by atoms with Crippen LogP contribution in [-0.4, -0.2) is 55.0 Å². The lowest BCUT2D eigenvalue weighted by Gasteiger charge is -2.06. The summed E-state index contributed by atoms with van der Waals surface area (Å²) in [6.07, 6.45) is 0. The third-order valence-electron chi connectivity index (χ3n) is 5.78. The van der Waals surface area contributed by atoms with Crippen LogP contribution in [0.1, 0.15) is 61.9 Å². The molecule has 0 saturated heterocycles. The quantitative estimate of drug-likeness (QED) is 0.0816. The fraction of sp³-hybridized carbons (Fsp3) is 0.237. The summed E-state index contributed by atoms with van der Waals surface area (Å²) in [6, 6.07) is 27.5. The Kier molecular flexibility index (Phi) is 23.7. The van der Waals surface area contributed by atoms with Crippen molar-refractivity contribution in [3.05, 3.63) is 114 Å². The van der Waals surface area contributed by atoms with Crippen molar-refractivity contribution < 1.29 is 38.6 Å². The highest BCUT2D eigenvalue weighted by Crippen LogP contribution is 2.19. The number of carboxylic acids is 1. The molecule has 0 spiro atoms. The monoisotopic (exact) mass is 705 g/mol. The van der Waals surface area contributed by atoms with Gasteiger partial charge in [0, 0.05) is 50.5 Å². The smallest absolute Gasteiger partial charge is 0.335 e. The number of hydrogen-bond donors (Lipinski definition) is 6. The highest BCUT2D eigenvalue weighted by molar-refractivity contribution is 5.94. The summed E-state index contributed by atoms with van der Waals surface area (Å²) in [5, 5.41) is 16.4. The third-order valence-corrected chi connectivity index (χ3v) is 5.78. The highest BCUT2D eigenvalue weighted by atomic mass is 16.5. The molecule has 51 heavy (non-hydrogen) atoms. The Morgan fingerprint density at radius 2 is 1.02 bits per heavy atom. The molecule has 13 heteroatoms. The molecule has 276 valence electrons. The molecular weight excluding hydrogens is 654 g/mol. The van der Waals surface area contributed by atoms with Gasteiger partial charge in [0.05, 0.1) is 17.9 Å². The number of carbonyl (C=O) groups is 5. The molecule has 0 atom stereocenters. The number of amides is 4. The predicted octanol–water partition coefficient (Wildman–Crippen LogP) is 6.61. The number of ether oxygens (including phenoxy) is 2. The summed E-state index contributed by atoms with van der Waals surface area (Å²) in [5.41, 5.74) is 15.3. The van der Waals surface area contributed by atoms with Crippen LogP contribution in [0, 0.1) is 6.92 Å². The molecule has 0 unspecified atom stereocenters. The molecule has 0 aliphatic carbocycles. The number of nitrogen functional groups attached to an aromatic ring is 1. The van der Waals surface area contributed by atoms with E-state index in [0.29, 0.717) is 35.8 Å². The molecule has 0 saturated carbocycles. The minimum absolute atomic E-state index is 0. The molecule has 0 bridgehead atoms. The molecule has 13 nitrogen and oxygen atoms in total. The fourth-order valence-corrected chi connectivity index (χ4v) is 3.51. The Morgan fingerprint density at radius 3 is 1.37 bits per heavy atom. The average molecular weight is 706 g/mol. The van der Waals surface area contributed by atoms with Crippen LogP contribution in [-0.2, 0) is 19.1 Å². The zero-order chi connectivity index (χ0) is 36.8. The number of aromatic carboxylic acids is 1. The van der Waals surface area contributed by atoms with Gasteiger partial charge in [-0.1, -0.05) is 44.7 Å². The summed E-state index contributed by atoms with van der Waals surface area (Å²) in [6.45, 7) is 7.43. The van der Waals surface area contributed by atoms with Crippen molar-refractivity contribution in [3.8, 4) is 5.75 Å². The number of nitrogens with two attached hydrogens (primary N) is 2. The van der Waals surface area contributed by atoms with Gasteiger partial charge >= 0.3 is 5.97 Å². The maximum Gasteiger partial charge on any atom is 0.335 e. The predicted molar refractivity (Wildman–Crippen MR) is 204 cm³/mol. The number of benzene rings is 4. The minimum Gasteiger partial charge on any atom is -0.489 e. The van der Waals surface area contributed by atoms with Crippen LogP contribution >= 0.6 is 0 Å². The van der Waals surface area contributed by atoms with E-state index < -0.39 is 11.9 Å². The van der Waals surface area contributed by atoms with E-state index in [1.807, 2.05) is 55.5 Å². The molecule has 0 aliphatic heterocycles. The van der Waals surface area contributed by atoms with E-state index in [0.717, 1.165) is 11.4 Å². The van der Waals surface area contributed by atoms with Crippen LogP contribution in [0.3, 0.4) is 0 Å². The minimum atomic E-state index is -0.977. The number of hydrogen-bond acceptors (Lipinski definition) is 8. The molecule has 0 aliphatic rings. The fourth-order valence-electron chi connectivity index (χ4n) is 3.51. The van der Waals surface area contributed by atoms with Crippen LogP contribution in [0.2, 0.25) is 0 Å². The first-order valence-electron chi connectivity index (χ1n) is 14.8. The Labute approximate surface area is 300 Å². The molecule has 4 aromatic rings. The number of anilines is 4. The summed E-state index contributed by atoms with van der Waals surface area (Å²) < 4.78 is 10.2. The van der Waals surface area contributed by atoms with Gasteiger partial charge in [-0.25, -0.2) is 4.79 Å². The van der Waals surface area contributed by atoms with Crippen molar-refractivity contribution in [2.45, 2.75) is 42.5 Å². The normalized spacial score (nSPS) is 9.04. The van der Waals surface area contributed by atoms with Crippen LogP contribution in [0.25, 0.3) is 0 Å². The van der Waals surface area contributed by atoms with Gasteiger partial charge in [0.2, 0.25) is 23.6 Å². The van der Waals surface area contributed by atoms with Crippen molar-refractivity contribution in [1.29, 1.82) is 0 Å². The second-order valence-electron chi connectivity index (χ2n) is 10.1. The molecule has 0 heterocycles. The van der Waals surface area contributed by atoms with Crippen molar-refractivity contribution in [2.24, 2.45) is 5.73 Å². The van der Waals surface area contributed by atoms with Crippen LogP contribution < -0.4 is 32.2 Å². The van der Waals surface area contributed by atoms with Crippen molar-refractivity contribution in [1.82, 2.24) is 0 Å². The summed E-state index contributed by atoms with van der Waals surface area (Å²) in [4.78, 5) is 52.9. The van der Waals surface area contributed by atoms with Gasteiger partial charge in [0.1, 0.15) is 12.4 Å².